The second-order valence-electron chi connectivity index (χ2n) is 7.22. The van der Waals surface area contributed by atoms with Crippen LogP contribution in [0.3, 0.4) is 0 Å². The first-order valence-electron chi connectivity index (χ1n) is 9.54. The molecule has 2 saturated heterocycles. The van der Waals surface area contributed by atoms with Gasteiger partial charge < -0.3 is 25.2 Å². The Labute approximate surface area is 180 Å². The highest BCUT2D eigenvalue weighted by Gasteiger charge is 2.50. The molecule has 0 saturated carbocycles. The summed E-state index contributed by atoms with van der Waals surface area (Å²) in [5.41, 5.74) is 1.26. The lowest BCUT2D eigenvalue weighted by molar-refractivity contribution is -0.124. The van der Waals surface area contributed by atoms with Gasteiger partial charge in [0.15, 0.2) is 5.11 Å². The molecule has 152 valence electrons. The van der Waals surface area contributed by atoms with Crippen LogP contribution in [0, 0.1) is 0 Å². The van der Waals surface area contributed by atoms with Crippen LogP contribution in [0.25, 0.3) is 0 Å². The van der Waals surface area contributed by atoms with Gasteiger partial charge in [0.2, 0.25) is 5.91 Å². The smallest absolute Gasteiger partial charge is 0.247 e. The number of hydrogen-bond donors (Lipinski definition) is 2. The number of likely N-dealkylation sites (tertiary alicyclic amines) is 1. The first kappa shape index (κ1) is 19.8. The number of methoxy groups -OCH3 is 1. The Morgan fingerprint density at radius 2 is 1.93 bits per heavy atom. The third-order valence-corrected chi connectivity index (χ3v) is 6.28. The fraction of sp³-hybridized carbons (Fsp3) is 0.333. The van der Waals surface area contributed by atoms with E-state index in [0.717, 1.165) is 11.4 Å². The van der Waals surface area contributed by atoms with Crippen LogP contribution in [0.1, 0.15) is 12.8 Å². The number of rotatable bonds is 3. The summed E-state index contributed by atoms with van der Waals surface area (Å²) in [4.78, 5) is 17.0. The fourth-order valence-corrected chi connectivity index (χ4v) is 4.55. The number of benzene rings is 2. The number of hydrogen-bond acceptors (Lipinski definition) is 4. The van der Waals surface area contributed by atoms with Crippen LogP contribution in [-0.2, 0) is 4.79 Å². The molecule has 0 atom stereocenters. The first-order valence-corrected chi connectivity index (χ1v) is 10.3. The van der Waals surface area contributed by atoms with Gasteiger partial charge in [-0.05, 0) is 55.4 Å². The Balaban J connectivity index is 1.47. The van der Waals surface area contributed by atoms with Crippen molar-refractivity contribution in [1.82, 2.24) is 10.2 Å². The molecule has 2 heterocycles. The zero-order chi connectivity index (χ0) is 20.4. The van der Waals surface area contributed by atoms with Crippen LogP contribution in [0.4, 0.5) is 11.4 Å². The van der Waals surface area contributed by atoms with E-state index in [1.807, 2.05) is 30.3 Å². The lowest BCUT2D eigenvalue weighted by Crippen LogP contribution is -2.57. The molecular formula is C21H23ClN4O2S. The van der Waals surface area contributed by atoms with Gasteiger partial charge in [-0.15, -0.1) is 0 Å². The van der Waals surface area contributed by atoms with Gasteiger partial charge in [0.05, 0.1) is 19.5 Å². The minimum atomic E-state index is -0.527. The molecule has 4 rings (SSSR count). The van der Waals surface area contributed by atoms with Crippen LogP contribution in [0.5, 0.6) is 5.75 Å². The van der Waals surface area contributed by atoms with E-state index >= 15 is 0 Å². The highest BCUT2D eigenvalue weighted by molar-refractivity contribution is 7.80. The SMILES string of the molecule is COc1ccc(Cl)cc1NC(=S)N1CCC2(CC1)C(=O)NCN2c1ccccc1. The maximum absolute atomic E-state index is 12.8. The number of thiocarbonyl (C=S) groups is 1. The van der Waals surface area contributed by atoms with Gasteiger partial charge in [-0.3, -0.25) is 4.79 Å². The van der Waals surface area contributed by atoms with Crippen molar-refractivity contribution in [3.63, 3.8) is 0 Å². The Morgan fingerprint density at radius 3 is 2.62 bits per heavy atom. The summed E-state index contributed by atoms with van der Waals surface area (Å²) in [6.45, 7) is 1.90. The number of nitrogens with zero attached hydrogens (tertiary/aromatic N) is 2. The van der Waals surface area contributed by atoms with Crippen LogP contribution in [0.2, 0.25) is 5.02 Å². The van der Waals surface area contributed by atoms with Gasteiger partial charge in [-0.2, -0.15) is 0 Å². The van der Waals surface area contributed by atoms with Crippen molar-refractivity contribution in [2.75, 3.05) is 37.1 Å². The molecule has 1 amide bonds. The number of para-hydroxylation sites is 1. The Morgan fingerprint density at radius 1 is 1.21 bits per heavy atom. The lowest BCUT2D eigenvalue weighted by atomic mass is 9.86. The lowest BCUT2D eigenvalue weighted by Gasteiger charge is -2.44. The molecule has 0 bridgehead atoms. The van der Waals surface area contributed by atoms with Crippen LogP contribution in [-0.4, -0.2) is 48.3 Å². The number of amides is 1. The fourth-order valence-electron chi connectivity index (χ4n) is 4.08. The maximum atomic E-state index is 12.8. The van der Waals surface area contributed by atoms with E-state index in [4.69, 9.17) is 28.6 Å². The van der Waals surface area contributed by atoms with Crippen LogP contribution in [0.15, 0.2) is 48.5 Å². The third-order valence-electron chi connectivity index (χ3n) is 5.69. The summed E-state index contributed by atoms with van der Waals surface area (Å²) in [6, 6.07) is 15.4. The van der Waals surface area contributed by atoms with E-state index in [1.165, 1.54) is 0 Å². The average molecular weight is 431 g/mol. The molecule has 0 radical (unpaired) electrons. The van der Waals surface area contributed by atoms with Crippen molar-refractivity contribution in [2.45, 2.75) is 18.4 Å². The molecule has 2 aromatic rings. The largest absolute Gasteiger partial charge is 0.495 e. The predicted molar refractivity (Wildman–Crippen MR) is 120 cm³/mol. The molecule has 2 fully saturated rings. The number of anilines is 2. The average Bonchev–Trinajstić information content (AvgIpc) is 3.05. The van der Waals surface area contributed by atoms with Crippen molar-refractivity contribution < 1.29 is 9.53 Å². The Bertz CT molecular complexity index is 916. The summed E-state index contributed by atoms with van der Waals surface area (Å²) in [5, 5.41) is 7.47. The van der Waals surface area contributed by atoms with Gasteiger partial charge in [0.1, 0.15) is 11.3 Å². The Kier molecular flexibility index (Phi) is 5.52. The van der Waals surface area contributed by atoms with Crippen molar-refractivity contribution >= 4 is 46.2 Å². The predicted octanol–water partition coefficient (Wildman–Crippen LogP) is 3.47. The van der Waals surface area contributed by atoms with Crippen molar-refractivity contribution in [1.29, 1.82) is 0 Å². The van der Waals surface area contributed by atoms with Gasteiger partial charge in [0, 0.05) is 23.8 Å². The molecule has 0 aliphatic carbocycles. The maximum Gasteiger partial charge on any atom is 0.247 e. The summed E-state index contributed by atoms with van der Waals surface area (Å²) in [6.07, 6.45) is 1.39. The number of nitrogens with one attached hydrogen (secondary N) is 2. The molecule has 1 spiro atoms. The molecule has 0 aromatic heterocycles. The molecule has 0 unspecified atom stereocenters. The quantitative estimate of drug-likeness (QED) is 0.727. The number of carbonyl (C=O) groups excluding carboxylic acids is 1. The second-order valence-corrected chi connectivity index (χ2v) is 8.04. The molecular weight excluding hydrogens is 408 g/mol. The normalized spacial score (nSPS) is 17.9. The highest BCUT2D eigenvalue weighted by atomic mass is 35.5. The minimum Gasteiger partial charge on any atom is -0.495 e. The van der Waals surface area contributed by atoms with Gasteiger partial charge in [-0.1, -0.05) is 29.8 Å². The highest BCUT2D eigenvalue weighted by Crippen LogP contribution is 2.36. The van der Waals surface area contributed by atoms with Crippen molar-refractivity contribution in [3.8, 4) is 5.75 Å². The zero-order valence-electron chi connectivity index (χ0n) is 16.2. The Hall–Kier alpha value is -2.51. The van der Waals surface area contributed by atoms with Gasteiger partial charge in [-0.25, -0.2) is 0 Å². The van der Waals surface area contributed by atoms with Crippen LogP contribution < -0.4 is 20.3 Å². The van der Waals surface area contributed by atoms with E-state index in [9.17, 15) is 4.79 Å². The summed E-state index contributed by atoms with van der Waals surface area (Å²) < 4.78 is 5.38. The molecule has 8 heteroatoms. The summed E-state index contributed by atoms with van der Waals surface area (Å²) in [7, 11) is 1.61. The van der Waals surface area contributed by atoms with E-state index in [2.05, 4.69) is 20.4 Å². The van der Waals surface area contributed by atoms with E-state index < -0.39 is 5.54 Å². The summed E-state index contributed by atoms with van der Waals surface area (Å²) in [5.74, 6) is 0.770. The van der Waals surface area contributed by atoms with E-state index in [1.54, 1.807) is 25.3 Å². The van der Waals surface area contributed by atoms with E-state index in [-0.39, 0.29) is 5.91 Å². The van der Waals surface area contributed by atoms with Gasteiger partial charge >= 0.3 is 0 Å². The van der Waals surface area contributed by atoms with Crippen molar-refractivity contribution in [3.05, 3.63) is 53.6 Å². The number of carbonyl (C=O) groups is 1. The molecule has 2 aromatic carbocycles. The first-order chi connectivity index (χ1) is 14.0. The molecule has 2 N–H and O–H groups in total. The molecule has 2 aliphatic heterocycles. The zero-order valence-corrected chi connectivity index (χ0v) is 17.7. The van der Waals surface area contributed by atoms with E-state index in [0.29, 0.717) is 48.5 Å². The molecule has 6 nitrogen and oxygen atoms in total. The monoisotopic (exact) mass is 430 g/mol. The third kappa shape index (κ3) is 3.72. The standard InChI is InChI=1S/C21H23ClN4O2S/c1-28-18-8-7-15(22)13-17(18)24-20(29)25-11-9-21(10-12-25)19(27)23-14-26(21)16-5-3-2-4-6-16/h2-8,13H,9-12,14H2,1H3,(H,23,27)(H,24,29). The van der Waals surface area contributed by atoms with Gasteiger partial charge in [0.25, 0.3) is 0 Å². The molecule has 29 heavy (non-hydrogen) atoms. The topological polar surface area (TPSA) is 56.8 Å². The van der Waals surface area contributed by atoms with Crippen LogP contribution >= 0.6 is 23.8 Å². The second kappa shape index (κ2) is 8.08. The minimum absolute atomic E-state index is 0.0939. The number of halogens is 1. The number of piperidine rings is 1. The number of ether oxygens (including phenoxy) is 1. The van der Waals surface area contributed by atoms with Crippen molar-refractivity contribution in [2.24, 2.45) is 0 Å². The molecule has 2 aliphatic rings. The summed E-state index contributed by atoms with van der Waals surface area (Å²) >= 11 is 11.7.